The lowest BCUT2D eigenvalue weighted by atomic mass is 9.98. The molecule has 0 bridgehead atoms. The second-order valence-corrected chi connectivity index (χ2v) is 4.82. The molecular formula is C12H25N3O. The van der Waals surface area contributed by atoms with E-state index in [-0.39, 0.29) is 5.91 Å². The van der Waals surface area contributed by atoms with Gasteiger partial charge < -0.3 is 16.0 Å². The fraction of sp³-hybridized carbons (Fsp3) is 0.917. The lowest BCUT2D eigenvalue weighted by molar-refractivity contribution is -0.121. The molecule has 1 aliphatic heterocycles. The number of likely N-dealkylation sites (tertiary alicyclic amines) is 1. The molecule has 0 spiro atoms. The van der Waals surface area contributed by atoms with E-state index in [1.54, 1.807) is 0 Å². The van der Waals surface area contributed by atoms with Crippen molar-refractivity contribution in [2.45, 2.75) is 32.1 Å². The summed E-state index contributed by atoms with van der Waals surface area (Å²) in [6.45, 7) is 3.83. The molecule has 1 heterocycles. The Morgan fingerprint density at radius 3 is 3.00 bits per heavy atom. The van der Waals surface area contributed by atoms with Crippen LogP contribution in [0.3, 0.4) is 0 Å². The van der Waals surface area contributed by atoms with Crippen molar-refractivity contribution in [2.75, 3.05) is 33.2 Å². The van der Waals surface area contributed by atoms with Crippen LogP contribution in [0.1, 0.15) is 32.1 Å². The van der Waals surface area contributed by atoms with Gasteiger partial charge in [0, 0.05) is 19.5 Å². The highest BCUT2D eigenvalue weighted by Gasteiger charge is 2.17. The van der Waals surface area contributed by atoms with Crippen molar-refractivity contribution in [1.82, 2.24) is 10.2 Å². The number of piperidine rings is 1. The maximum Gasteiger partial charge on any atom is 0.220 e. The molecule has 1 rings (SSSR count). The average molecular weight is 227 g/mol. The van der Waals surface area contributed by atoms with Gasteiger partial charge in [-0.3, -0.25) is 4.79 Å². The number of carbonyl (C=O) groups excluding carboxylic acids is 1. The summed E-state index contributed by atoms with van der Waals surface area (Å²) in [5.74, 6) is 0.818. The summed E-state index contributed by atoms with van der Waals surface area (Å²) in [6, 6.07) is 0. The molecule has 16 heavy (non-hydrogen) atoms. The molecule has 3 N–H and O–H groups in total. The average Bonchev–Trinajstić information content (AvgIpc) is 2.27. The summed E-state index contributed by atoms with van der Waals surface area (Å²) in [5.41, 5.74) is 5.38. The Labute approximate surface area is 98.6 Å². The number of hydrogen-bond acceptors (Lipinski definition) is 3. The Bertz CT molecular complexity index is 208. The highest BCUT2D eigenvalue weighted by atomic mass is 16.1. The summed E-state index contributed by atoms with van der Waals surface area (Å²) in [6.07, 6.45) is 4.98. The molecule has 1 atom stereocenters. The molecule has 1 amide bonds. The van der Waals surface area contributed by atoms with E-state index >= 15 is 0 Å². The van der Waals surface area contributed by atoms with Crippen molar-refractivity contribution in [3.05, 3.63) is 0 Å². The number of nitrogens with one attached hydrogen (secondary N) is 1. The fourth-order valence-corrected chi connectivity index (χ4v) is 2.22. The van der Waals surface area contributed by atoms with Crippen molar-refractivity contribution < 1.29 is 4.79 Å². The Morgan fingerprint density at radius 1 is 1.50 bits per heavy atom. The Morgan fingerprint density at radius 2 is 2.31 bits per heavy atom. The minimum absolute atomic E-state index is 0.182. The van der Waals surface area contributed by atoms with Crippen LogP contribution in [-0.4, -0.2) is 44.0 Å². The van der Waals surface area contributed by atoms with Crippen LogP contribution in [0.15, 0.2) is 0 Å². The van der Waals surface area contributed by atoms with Crippen LogP contribution in [-0.2, 0) is 4.79 Å². The largest absolute Gasteiger partial charge is 0.356 e. The van der Waals surface area contributed by atoms with Crippen LogP contribution in [0.2, 0.25) is 0 Å². The molecule has 1 saturated heterocycles. The number of nitrogens with two attached hydrogens (primary N) is 1. The number of unbranched alkanes of at least 4 members (excludes halogenated alkanes) is 1. The normalized spacial score (nSPS) is 22.0. The van der Waals surface area contributed by atoms with E-state index in [2.05, 4.69) is 17.3 Å². The van der Waals surface area contributed by atoms with Crippen molar-refractivity contribution in [3.63, 3.8) is 0 Å². The third kappa shape index (κ3) is 5.47. The van der Waals surface area contributed by atoms with Gasteiger partial charge in [-0.2, -0.15) is 0 Å². The molecule has 0 aliphatic carbocycles. The van der Waals surface area contributed by atoms with Crippen molar-refractivity contribution >= 4 is 5.91 Å². The minimum atomic E-state index is 0.182. The first kappa shape index (κ1) is 13.5. The number of rotatable bonds is 6. The standard InChI is InChI=1S/C12H25N3O/c1-15-8-4-5-11(10-15)9-14-12(16)6-2-3-7-13/h11H,2-10,13H2,1H3,(H,14,16). The van der Waals surface area contributed by atoms with E-state index in [0.717, 1.165) is 25.9 Å². The van der Waals surface area contributed by atoms with Crippen LogP contribution < -0.4 is 11.1 Å². The quantitative estimate of drug-likeness (QED) is 0.652. The monoisotopic (exact) mass is 227 g/mol. The molecule has 0 aromatic rings. The zero-order valence-electron chi connectivity index (χ0n) is 10.4. The first-order chi connectivity index (χ1) is 7.72. The van der Waals surface area contributed by atoms with Gasteiger partial charge in [-0.25, -0.2) is 0 Å². The maximum atomic E-state index is 11.5. The van der Waals surface area contributed by atoms with Crippen LogP contribution in [0.4, 0.5) is 0 Å². The van der Waals surface area contributed by atoms with Crippen LogP contribution in [0.5, 0.6) is 0 Å². The van der Waals surface area contributed by atoms with Gasteiger partial charge in [0.05, 0.1) is 0 Å². The highest BCUT2D eigenvalue weighted by molar-refractivity contribution is 5.75. The van der Waals surface area contributed by atoms with Crippen molar-refractivity contribution in [3.8, 4) is 0 Å². The topological polar surface area (TPSA) is 58.4 Å². The predicted octanol–water partition coefficient (Wildman–Crippen LogP) is 0.573. The zero-order chi connectivity index (χ0) is 11.8. The van der Waals surface area contributed by atoms with Crippen LogP contribution in [0, 0.1) is 5.92 Å². The lowest BCUT2D eigenvalue weighted by Crippen LogP contribution is -2.39. The molecule has 0 aromatic carbocycles. The van der Waals surface area contributed by atoms with Crippen molar-refractivity contribution in [1.29, 1.82) is 0 Å². The number of amides is 1. The van der Waals surface area contributed by atoms with Gasteiger partial charge in [-0.1, -0.05) is 0 Å². The Kier molecular flexibility index (Phi) is 6.42. The molecule has 4 heteroatoms. The second kappa shape index (κ2) is 7.63. The first-order valence-corrected chi connectivity index (χ1v) is 6.37. The van der Waals surface area contributed by atoms with Crippen molar-refractivity contribution in [2.24, 2.45) is 11.7 Å². The molecule has 1 unspecified atom stereocenters. The van der Waals surface area contributed by atoms with Gasteiger partial charge >= 0.3 is 0 Å². The summed E-state index contributed by atoms with van der Waals surface area (Å²) in [4.78, 5) is 13.8. The third-order valence-corrected chi connectivity index (χ3v) is 3.17. The molecule has 1 fully saturated rings. The van der Waals surface area contributed by atoms with E-state index in [4.69, 9.17) is 5.73 Å². The third-order valence-electron chi connectivity index (χ3n) is 3.17. The number of carbonyl (C=O) groups is 1. The zero-order valence-corrected chi connectivity index (χ0v) is 10.4. The molecular weight excluding hydrogens is 202 g/mol. The SMILES string of the molecule is CN1CCCC(CNC(=O)CCCCN)C1. The number of hydrogen-bond donors (Lipinski definition) is 2. The molecule has 94 valence electrons. The van der Waals surface area contributed by atoms with Gasteiger partial charge in [-0.05, 0) is 51.7 Å². The van der Waals surface area contributed by atoms with Crippen LogP contribution >= 0.6 is 0 Å². The summed E-state index contributed by atoms with van der Waals surface area (Å²) in [7, 11) is 2.15. The second-order valence-electron chi connectivity index (χ2n) is 4.82. The van der Waals surface area contributed by atoms with Gasteiger partial charge in [0.2, 0.25) is 5.91 Å². The molecule has 0 aromatic heterocycles. The van der Waals surface area contributed by atoms with E-state index in [1.165, 1.54) is 19.4 Å². The number of nitrogens with zero attached hydrogens (tertiary/aromatic N) is 1. The Hall–Kier alpha value is -0.610. The van der Waals surface area contributed by atoms with Gasteiger partial charge in [0.25, 0.3) is 0 Å². The van der Waals surface area contributed by atoms with E-state index in [1.807, 2.05) is 0 Å². The maximum absolute atomic E-state index is 11.5. The summed E-state index contributed by atoms with van der Waals surface area (Å²) >= 11 is 0. The molecule has 1 aliphatic rings. The fourth-order valence-electron chi connectivity index (χ4n) is 2.22. The predicted molar refractivity (Wildman–Crippen MR) is 66.1 cm³/mol. The summed E-state index contributed by atoms with van der Waals surface area (Å²) in [5, 5.41) is 3.03. The smallest absolute Gasteiger partial charge is 0.220 e. The lowest BCUT2D eigenvalue weighted by Gasteiger charge is -2.29. The summed E-state index contributed by atoms with van der Waals surface area (Å²) < 4.78 is 0. The Balaban J connectivity index is 2.06. The minimum Gasteiger partial charge on any atom is -0.356 e. The van der Waals surface area contributed by atoms with Gasteiger partial charge in [0.1, 0.15) is 0 Å². The molecule has 0 saturated carbocycles. The van der Waals surface area contributed by atoms with Gasteiger partial charge in [-0.15, -0.1) is 0 Å². The van der Waals surface area contributed by atoms with Crippen LogP contribution in [0.25, 0.3) is 0 Å². The molecule has 0 radical (unpaired) electrons. The molecule has 4 nitrogen and oxygen atoms in total. The van der Waals surface area contributed by atoms with E-state index in [0.29, 0.717) is 18.9 Å². The highest BCUT2D eigenvalue weighted by Crippen LogP contribution is 2.13. The van der Waals surface area contributed by atoms with Gasteiger partial charge in [0.15, 0.2) is 0 Å². The first-order valence-electron chi connectivity index (χ1n) is 6.37. The van der Waals surface area contributed by atoms with E-state index < -0.39 is 0 Å². The van der Waals surface area contributed by atoms with E-state index in [9.17, 15) is 4.79 Å².